The van der Waals surface area contributed by atoms with Gasteiger partial charge in [0.2, 0.25) is 0 Å². The molecule has 0 spiro atoms. The Morgan fingerprint density at radius 1 is 0.683 bits per heavy atom. The molecule has 1 aliphatic heterocycles. The summed E-state index contributed by atoms with van der Waals surface area (Å²) in [6.07, 6.45) is 2.12. The molecule has 6 aromatic rings. The van der Waals surface area contributed by atoms with Gasteiger partial charge < -0.3 is 50.5 Å². The Balaban J connectivity index is 0.000000218. The average Bonchev–Trinajstić information content (AvgIpc) is 3.99. The van der Waals surface area contributed by atoms with Crippen LogP contribution in [0, 0.1) is 23.5 Å². The van der Waals surface area contributed by atoms with Gasteiger partial charge in [0.25, 0.3) is 0 Å². The van der Waals surface area contributed by atoms with Gasteiger partial charge >= 0.3 is 0 Å². The molecule has 2 aliphatic carbocycles. The number of nitrogen functional groups attached to an aromatic ring is 2. The molecule has 3 aliphatic rings. The average molecular weight is 874 g/mol. The van der Waals surface area contributed by atoms with Crippen LogP contribution in [0.2, 0.25) is 10.0 Å². The fraction of sp³-hybridized carbons (Fsp3) is 0.429. The van der Waals surface area contributed by atoms with Crippen molar-refractivity contribution in [3.8, 4) is 0 Å². The number of ether oxygens (including phenoxy) is 2. The zero-order valence-electron chi connectivity index (χ0n) is 30.6. The maximum absolute atomic E-state index is 14.0. The minimum absolute atomic E-state index is 0. The highest BCUT2D eigenvalue weighted by Gasteiger charge is 2.56. The second kappa shape index (κ2) is 17.8. The summed E-state index contributed by atoms with van der Waals surface area (Å²) < 4.78 is 43.8. The van der Waals surface area contributed by atoms with E-state index in [4.69, 9.17) is 44.1 Å². The lowest BCUT2D eigenvalue weighted by atomic mass is 9.92. The number of hydrogen-bond donors (Lipinski definition) is 6. The molecule has 0 amide bonds. The van der Waals surface area contributed by atoms with Crippen LogP contribution in [-0.4, -0.2) is 79.7 Å². The van der Waals surface area contributed by atoms with Gasteiger partial charge in [-0.25, -0.2) is 28.7 Å². The standard InChI is InChI=1S/C21H22ClFN4O3.C18H18ClFN4O3.3CH4/c1-21(2)29-17-12(16(28)10-3-4-13(22)14(23)7-10)8-15(18(17)30-21)27-6-5-11-19(24)25-9-26-20(11)27;19-11-2-1-8(5-12(11)20)14(25)10-6-13(16(27)15(10)26)24-4-3-9-17(21)22-7-23-18(9)24;;;/h3-7,9,12,15-18,28H,8H2,1-2H3,(H2,24,25,26);1-5,7,10,13-16,25-27H,6H2,(H2,21,22,23);3*1H4/t12-,15-,16-,17-,18+;10-,13-,14-,15-,16+;;;/m11.../s1. The van der Waals surface area contributed by atoms with Crippen LogP contribution in [0.3, 0.4) is 0 Å². The minimum Gasteiger partial charge on any atom is -0.390 e. The zero-order chi connectivity index (χ0) is 40.5. The summed E-state index contributed by atoms with van der Waals surface area (Å²) >= 11 is 11.5. The number of hydrogen-bond acceptors (Lipinski definition) is 12. The van der Waals surface area contributed by atoms with Crippen LogP contribution in [0.4, 0.5) is 20.4 Å². The number of nitrogens with zero attached hydrogens (tertiary/aromatic N) is 6. The van der Waals surface area contributed by atoms with Crippen molar-refractivity contribution < 1.29 is 38.7 Å². The van der Waals surface area contributed by atoms with Crippen LogP contribution in [0.5, 0.6) is 0 Å². The molecule has 18 heteroatoms. The lowest BCUT2D eigenvalue weighted by Gasteiger charge is -2.27. The first kappa shape index (κ1) is 46.5. The highest BCUT2D eigenvalue weighted by Crippen LogP contribution is 2.51. The Bertz CT molecular complexity index is 2450. The first-order valence-electron chi connectivity index (χ1n) is 18.3. The number of rotatable bonds is 6. The molecule has 10 atom stereocenters. The van der Waals surface area contributed by atoms with E-state index in [9.17, 15) is 29.2 Å². The molecule has 3 fully saturated rings. The Morgan fingerprint density at radius 2 is 1.13 bits per heavy atom. The molecule has 0 unspecified atom stereocenters. The van der Waals surface area contributed by atoms with E-state index < -0.39 is 53.8 Å². The van der Waals surface area contributed by atoms with E-state index in [0.29, 0.717) is 40.3 Å². The topological polar surface area (TPSA) is 213 Å². The summed E-state index contributed by atoms with van der Waals surface area (Å²) in [7, 11) is 0. The van der Waals surface area contributed by atoms with Crippen molar-refractivity contribution in [2.24, 2.45) is 11.8 Å². The van der Waals surface area contributed by atoms with Gasteiger partial charge in [-0.3, -0.25) is 0 Å². The summed E-state index contributed by atoms with van der Waals surface area (Å²) in [6, 6.07) is 11.3. The number of nitrogens with two attached hydrogens (primary N) is 2. The SMILES string of the molecule is C.C.C.CC1(C)O[C@@H]2[C@@H]([C@H](O)c3ccc(Cl)c(F)c3)C[C@@H](n3ccc4c(N)ncnc43)[C@@H]2O1.Nc1ncnc2c1ccn2[C@@H]1C[C@H]([C@H](O)c2ccc(Cl)c(F)c2)[C@@H](O)[C@H]1O. The molecule has 8 N–H and O–H groups in total. The van der Waals surface area contributed by atoms with E-state index in [1.165, 1.54) is 36.9 Å². The number of aliphatic hydroxyl groups is 4. The summed E-state index contributed by atoms with van der Waals surface area (Å²) in [4.78, 5) is 16.6. The van der Waals surface area contributed by atoms with E-state index in [-0.39, 0.29) is 68.5 Å². The largest absolute Gasteiger partial charge is 0.390 e. The molecule has 4 aromatic heterocycles. The highest BCUT2D eigenvalue weighted by atomic mass is 35.5. The van der Waals surface area contributed by atoms with Crippen LogP contribution in [0.15, 0.2) is 73.6 Å². The first-order chi connectivity index (χ1) is 27.1. The van der Waals surface area contributed by atoms with Gasteiger partial charge in [0.1, 0.15) is 59.4 Å². The van der Waals surface area contributed by atoms with Crippen LogP contribution in [0.1, 0.15) is 84.4 Å². The van der Waals surface area contributed by atoms with Gasteiger partial charge in [0, 0.05) is 24.2 Å². The maximum atomic E-state index is 14.0. The third-order valence-electron chi connectivity index (χ3n) is 11.4. The van der Waals surface area contributed by atoms with Crippen molar-refractivity contribution in [2.45, 2.75) is 103 Å². The molecule has 2 saturated carbocycles. The van der Waals surface area contributed by atoms with E-state index in [1.807, 2.05) is 30.7 Å². The number of halogens is 4. The van der Waals surface area contributed by atoms with Crippen molar-refractivity contribution in [1.29, 1.82) is 0 Å². The lowest BCUT2D eigenvalue weighted by Crippen LogP contribution is -2.31. The number of benzene rings is 2. The lowest BCUT2D eigenvalue weighted by molar-refractivity contribution is -0.165. The second-order valence-electron chi connectivity index (χ2n) is 15.2. The van der Waals surface area contributed by atoms with Crippen LogP contribution >= 0.6 is 23.2 Å². The quantitative estimate of drug-likeness (QED) is 0.0970. The number of fused-ring (bicyclic) bond motifs is 3. The van der Waals surface area contributed by atoms with Gasteiger partial charge in [0.05, 0.1) is 57.3 Å². The maximum Gasteiger partial charge on any atom is 0.163 e. The van der Waals surface area contributed by atoms with Crippen molar-refractivity contribution >= 4 is 56.9 Å². The zero-order valence-corrected chi connectivity index (χ0v) is 32.1. The molecular weight excluding hydrogens is 821 g/mol. The van der Waals surface area contributed by atoms with Crippen LogP contribution in [0.25, 0.3) is 22.1 Å². The molecule has 14 nitrogen and oxygen atoms in total. The van der Waals surface area contributed by atoms with Crippen molar-refractivity contribution in [1.82, 2.24) is 29.1 Å². The minimum atomic E-state index is -1.19. The Morgan fingerprint density at radius 3 is 1.63 bits per heavy atom. The molecule has 0 bridgehead atoms. The predicted molar refractivity (Wildman–Crippen MR) is 227 cm³/mol. The summed E-state index contributed by atoms with van der Waals surface area (Å²) in [5.41, 5.74) is 13.8. The van der Waals surface area contributed by atoms with Crippen molar-refractivity contribution in [3.05, 3.63) is 106 Å². The molecule has 324 valence electrons. The summed E-state index contributed by atoms with van der Waals surface area (Å²) in [5.74, 6) is -2.28. The van der Waals surface area contributed by atoms with Crippen LogP contribution < -0.4 is 11.5 Å². The van der Waals surface area contributed by atoms with E-state index >= 15 is 0 Å². The second-order valence-corrected chi connectivity index (χ2v) is 16.0. The highest BCUT2D eigenvalue weighted by molar-refractivity contribution is 6.31. The van der Waals surface area contributed by atoms with Crippen molar-refractivity contribution in [3.63, 3.8) is 0 Å². The summed E-state index contributed by atoms with van der Waals surface area (Å²) in [5, 5.41) is 44.2. The normalized spacial score (nSPS) is 26.3. The predicted octanol–water partition coefficient (Wildman–Crippen LogP) is 7.35. The molecule has 0 radical (unpaired) electrons. The molecule has 1 saturated heterocycles. The van der Waals surface area contributed by atoms with E-state index in [0.717, 1.165) is 11.5 Å². The van der Waals surface area contributed by atoms with Crippen molar-refractivity contribution in [2.75, 3.05) is 11.5 Å². The molecule has 60 heavy (non-hydrogen) atoms. The molecule has 5 heterocycles. The third kappa shape index (κ3) is 8.27. The fourth-order valence-corrected chi connectivity index (χ4v) is 8.84. The molecule has 9 rings (SSSR count). The Kier molecular flexibility index (Phi) is 13.8. The Hall–Kier alpha value is -4.52. The molecule has 2 aromatic carbocycles. The third-order valence-corrected chi connectivity index (χ3v) is 12.0. The first-order valence-corrected chi connectivity index (χ1v) is 19.0. The number of aromatic nitrogens is 6. The van der Waals surface area contributed by atoms with E-state index in [1.54, 1.807) is 22.9 Å². The van der Waals surface area contributed by atoms with Gasteiger partial charge in [-0.1, -0.05) is 57.6 Å². The van der Waals surface area contributed by atoms with Gasteiger partial charge in [-0.15, -0.1) is 0 Å². The van der Waals surface area contributed by atoms with Gasteiger partial charge in [-0.05, 0) is 74.2 Å². The Labute approximate surface area is 356 Å². The van der Waals surface area contributed by atoms with Gasteiger partial charge in [0.15, 0.2) is 5.79 Å². The number of anilines is 2. The smallest absolute Gasteiger partial charge is 0.163 e. The van der Waals surface area contributed by atoms with Crippen LogP contribution in [-0.2, 0) is 9.47 Å². The number of aliphatic hydroxyl groups excluding tert-OH is 4. The van der Waals surface area contributed by atoms with Gasteiger partial charge in [-0.2, -0.15) is 0 Å². The fourth-order valence-electron chi connectivity index (χ4n) is 8.61. The van der Waals surface area contributed by atoms with E-state index in [2.05, 4.69) is 19.9 Å². The summed E-state index contributed by atoms with van der Waals surface area (Å²) in [6.45, 7) is 3.70. The molecular formula is C42H52Cl2F2N8O6. The monoisotopic (exact) mass is 872 g/mol.